The molecular weight excluding hydrogens is 460 g/mol. The van der Waals surface area contributed by atoms with Crippen molar-refractivity contribution < 1.29 is 31.2 Å². The predicted molar refractivity (Wildman–Crippen MR) is 118 cm³/mol. The highest BCUT2D eigenvalue weighted by atomic mass is 32.2. The lowest BCUT2D eigenvalue weighted by molar-refractivity contribution is -0.121. The van der Waals surface area contributed by atoms with Gasteiger partial charge in [-0.1, -0.05) is 0 Å². The van der Waals surface area contributed by atoms with Gasteiger partial charge in [-0.15, -0.1) is 0 Å². The van der Waals surface area contributed by atoms with E-state index in [1.165, 1.54) is 43.4 Å². The van der Waals surface area contributed by atoms with Crippen LogP contribution in [0.1, 0.15) is 17.3 Å². The van der Waals surface area contributed by atoms with Gasteiger partial charge in [-0.25, -0.2) is 16.8 Å². The lowest BCUT2D eigenvalue weighted by atomic mass is 10.2. The molecule has 13 heteroatoms. The highest BCUT2D eigenvalue weighted by Crippen LogP contribution is 2.19. The molecule has 11 nitrogen and oxygen atoms in total. The topological polar surface area (TPSA) is 151 Å². The Morgan fingerprint density at radius 1 is 0.938 bits per heavy atom. The highest BCUT2D eigenvalue weighted by molar-refractivity contribution is 7.92. The molecule has 3 N–H and O–H groups in total. The molecule has 2 aromatic carbocycles. The number of hydrazine groups is 1. The molecule has 0 saturated heterocycles. The van der Waals surface area contributed by atoms with E-state index in [1.807, 2.05) is 6.92 Å². The Hall–Kier alpha value is -3.16. The Bertz CT molecular complexity index is 1160. The number of carbonyl (C=O) groups excluding carboxylic acids is 2. The van der Waals surface area contributed by atoms with Gasteiger partial charge in [0.2, 0.25) is 10.0 Å². The van der Waals surface area contributed by atoms with E-state index in [2.05, 4.69) is 15.6 Å². The average molecular weight is 485 g/mol. The van der Waals surface area contributed by atoms with Crippen LogP contribution in [0.3, 0.4) is 0 Å². The summed E-state index contributed by atoms with van der Waals surface area (Å²) >= 11 is 0. The van der Waals surface area contributed by atoms with Crippen LogP contribution in [-0.2, 0) is 24.8 Å². The second-order valence-electron chi connectivity index (χ2n) is 6.61. The summed E-state index contributed by atoms with van der Waals surface area (Å²) in [4.78, 5) is 23.9. The standard InChI is InChI=1S/C19H24N4O7S2/c1-4-30-16-9-11-17(12-10-16)32(28,29)22-15-7-5-14(6-8-15)19(25)21-20-18(24)13-23(2)31(3,26)27/h5-12,22H,4,13H2,1-3H3,(H,20,24)(H,21,25). The quantitative estimate of drug-likeness (QED) is 0.439. The van der Waals surface area contributed by atoms with Gasteiger partial charge in [-0.2, -0.15) is 4.31 Å². The minimum Gasteiger partial charge on any atom is -0.494 e. The first kappa shape index (κ1) is 25.1. The summed E-state index contributed by atoms with van der Waals surface area (Å²) in [5, 5.41) is 0. The Morgan fingerprint density at radius 3 is 2.06 bits per heavy atom. The highest BCUT2D eigenvalue weighted by Gasteiger charge is 2.17. The molecule has 0 fully saturated rings. The van der Waals surface area contributed by atoms with Crippen molar-refractivity contribution in [3.05, 3.63) is 54.1 Å². The van der Waals surface area contributed by atoms with Crippen LogP contribution in [0, 0.1) is 0 Å². The van der Waals surface area contributed by atoms with Crippen molar-refractivity contribution in [1.29, 1.82) is 0 Å². The molecule has 0 unspecified atom stereocenters. The number of likely N-dealkylation sites (N-methyl/N-ethyl adjacent to an activating group) is 1. The summed E-state index contributed by atoms with van der Waals surface area (Å²) in [6.07, 6.45) is 0.949. The lowest BCUT2D eigenvalue weighted by Gasteiger charge is -2.14. The van der Waals surface area contributed by atoms with E-state index in [0.29, 0.717) is 12.4 Å². The van der Waals surface area contributed by atoms with Crippen LogP contribution in [-0.4, -0.2) is 59.4 Å². The first-order valence-electron chi connectivity index (χ1n) is 9.28. The number of benzene rings is 2. The molecule has 2 rings (SSSR count). The third-order valence-corrected chi connectivity index (χ3v) is 6.75. The van der Waals surface area contributed by atoms with Gasteiger partial charge in [0.25, 0.3) is 21.8 Å². The maximum Gasteiger partial charge on any atom is 0.269 e. The summed E-state index contributed by atoms with van der Waals surface area (Å²) in [5.74, 6) is -0.843. The number of amides is 2. The summed E-state index contributed by atoms with van der Waals surface area (Å²) < 4.78 is 56.1. The fourth-order valence-corrected chi connectivity index (χ4v) is 3.75. The summed E-state index contributed by atoms with van der Waals surface area (Å²) in [5.41, 5.74) is 4.63. The number of anilines is 1. The van der Waals surface area contributed by atoms with E-state index >= 15 is 0 Å². The van der Waals surface area contributed by atoms with Gasteiger partial charge in [0.05, 0.1) is 24.3 Å². The number of nitrogens with one attached hydrogen (secondary N) is 3. The molecule has 0 bridgehead atoms. The third kappa shape index (κ3) is 7.21. The van der Waals surface area contributed by atoms with Gasteiger partial charge in [-0.05, 0) is 55.5 Å². The maximum absolute atomic E-state index is 12.5. The molecule has 0 heterocycles. The van der Waals surface area contributed by atoms with E-state index in [9.17, 15) is 26.4 Å². The summed E-state index contributed by atoms with van der Waals surface area (Å²) in [6, 6.07) is 11.4. The second kappa shape index (κ2) is 10.4. The number of carbonyl (C=O) groups is 2. The lowest BCUT2D eigenvalue weighted by Crippen LogP contribution is -2.46. The van der Waals surface area contributed by atoms with Gasteiger partial charge in [0.15, 0.2) is 0 Å². The smallest absolute Gasteiger partial charge is 0.269 e. The van der Waals surface area contributed by atoms with Crippen molar-refractivity contribution in [2.45, 2.75) is 11.8 Å². The SMILES string of the molecule is CCOc1ccc(S(=O)(=O)Nc2ccc(C(=O)NNC(=O)CN(C)S(C)(=O)=O)cc2)cc1. The molecule has 32 heavy (non-hydrogen) atoms. The molecule has 0 aliphatic carbocycles. The first-order chi connectivity index (χ1) is 14.9. The Balaban J connectivity index is 1.95. The van der Waals surface area contributed by atoms with Crippen LogP contribution in [0.15, 0.2) is 53.4 Å². The van der Waals surface area contributed by atoms with Gasteiger partial charge >= 0.3 is 0 Å². The number of hydrogen-bond donors (Lipinski definition) is 3. The van der Waals surface area contributed by atoms with Crippen molar-refractivity contribution >= 4 is 37.5 Å². The van der Waals surface area contributed by atoms with Gasteiger partial charge in [0.1, 0.15) is 5.75 Å². The van der Waals surface area contributed by atoms with Crippen LogP contribution >= 0.6 is 0 Å². The molecule has 0 spiro atoms. The average Bonchev–Trinajstić information content (AvgIpc) is 2.72. The molecule has 0 radical (unpaired) electrons. The number of nitrogens with zero attached hydrogens (tertiary/aromatic N) is 1. The molecule has 0 aliphatic rings. The number of ether oxygens (including phenoxy) is 1. The molecule has 2 amide bonds. The Labute approximate surface area is 186 Å². The predicted octanol–water partition coefficient (Wildman–Crippen LogP) is 0.539. The third-order valence-electron chi connectivity index (χ3n) is 4.09. The van der Waals surface area contributed by atoms with E-state index in [-0.39, 0.29) is 16.1 Å². The van der Waals surface area contributed by atoms with Crippen LogP contribution in [0.5, 0.6) is 5.75 Å². The van der Waals surface area contributed by atoms with E-state index in [1.54, 1.807) is 12.1 Å². The van der Waals surface area contributed by atoms with Crippen molar-refractivity contribution in [3.8, 4) is 5.75 Å². The van der Waals surface area contributed by atoms with Crippen molar-refractivity contribution in [2.75, 3.05) is 31.2 Å². The molecule has 2 aromatic rings. The van der Waals surface area contributed by atoms with E-state index in [4.69, 9.17) is 4.74 Å². The first-order valence-corrected chi connectivity index (χ1v) is 12.6. The van der Waals surface area contributed by atoms with Crippen LogP contribution in [0.2, 0.25) is 0 Å². The zero-order valence-electron chi connectivity index (χ0n) is 17.7. The Kier molecular flexibility index (Phi) is 8.19. The van der Waals surface area contributed by atoms with Gasteiger partial charge in [0, 0.05) is 18.3 Å². The number of rotatable bonds is 9. The largest absolute Gasteiger partial charge is 0.494 e. The normalized spacial score (nSPS) is 11.6. The van der Waals surface area contributed by atoms with Crippen LogP contribution in [0.4, 0.5) is 5.69 Å². The summed E-state index contributed by atoms with van der Waals surface area (Å²) in [7, 11) is -6.15. The van der Waals surface area contributed by atoms with Crippen molar-refractivity contribution in [1.82, 2.24) is 15.2 Å². The minimum absolute atomic E-state index is 0.0459. The second-order valence-corrected chi connectivity index (χ2v) is 10.4. The van der Waals surface area contributed by atoms with E-state index in [0.717, 1.165) is 10.6 Å². The molecule has 0 atom stereocenters. The van der Waals surface area contributed by atoms with Crippen LogP contribution in [0.25, 0.3) is 0 Å². The number of hydrogen-bond acceptors (Lipinski definition) is 7. The van der Waals surface area contributed by atoms with E-state index < -0.39 is 38.4 Å². The molecule has 0 aromatic heterocycles. The Morgan fingerprint density at radius 2 is 1.53 bits per heavy atom. The van der Waals surface area contributed by atoms with Crippen molar-refractivity contribution in [2.24, 2.45) is 0 Å². The molecular formula is C19H24N4O7S2. The maximum atomic E-state index is 12.5. The zero-order valence-corrected chi connectivity index (χ0v) is 19.3. The summed E-state index contributed by atoms with van der Waals surface area (Å²) in [6.45, 7) is 1.82. The van der Waals surface area contributed by atoms with Gasteiger partial charge < -0.3 is 4.74 Å². The van der Waals surface area contributed by atoms with Gasteiger partial charge in [-0.3, -0.25) is 25.2 Å². The monoisotopic (exact) mass is 484 g/mol. The molecule has 0 saturated carbocycles. The minimum atomic E-state index is -3.84. The van der Waals surface area contributed by atoms with Crippen molar-refractivity contribution in [3.63, 3.8) is 0 Å². The molecule has 0 aliphatic heterocycles. The molecule has 174 valence electrons. The number of sulfonamides is 2. The zero-order chi connectivity index (χ0) is 23.9. The fraction of sp³-hybridized carbons (Fsp3) is 0.263. The van der Waals surface area contributed by atoms with Crippen LogP contribution < -0.4 is 20.3 Å². The fourth-order valence-electron chi connectivity index (χ4n) is 2.34.